The molecule has 0 saturated carbocycles. The molecule has 6 heteroatoms. The number of likely N-dealkylation sites (tertiary alicyclic amines) is 1. The molecule has 6 nitrogen and oxygen atoms in total. The molecule has 1 atom stereocenters. The summed E-state index contributed by atoms with van der Waals surface area (Å²) < 4.78 is 5.53. The molecule has 0 bridgehead atoms. The Morgan fingerprint density at radius 1 is 1.17 bits per heavy atom. The Hall–Kier alpha value is -2.21. The molecule has 24 heavy (non-hydrogen) atoms. The standard InChI is InChI=1S/C18H22N2O4/c21-16-7-8-17(22)20(16)12-13-3-5-14(6-4-13)18(23)19-10-9-15-2-1-11-24-15/h3-6,15H,1-2,7-12H2,(H,19,23)/t15-/m1/s1. The number of carbonyl (C=O) groups is 3. The van der Waals surface area contributed by atoms with Crippen LogP contribution in [0.2, 0.25) is 0 Å². The van der Waals surface area contributed by atoms with Gasteiger partial charge in [-0.1, -0.05) is 12.1 Å². The van der Waals surface area contributed by atoms with E-state index < -0.39 is 0 Å². The summed E-state index contributed by atoms with van der Waals surface area (Å²) in [5.41, 5.74) is 1.42. The van der Waals surface area contributed by atoms with Crippen LogP contribution in [0, 0.1) is 0 Å². The molecular weight excluding hydrogens is 308 g/mol. The summed E-state index contributed by atoms with van der Waals surface area (Å²) in [6, 6.07) is 7.02. The smallest absolute Gasteiger partial charge is 0.251 e. The second-order valence-electron chi connectivity index (χ2n) is 6.25. The number of rotatable bonds is 6. The first-order chi connectivity index (χ1) is 11.6. The topological polar surface area (TPSA) is 75.7 Å². The zero-order chi connectivity index (χ0) is 16.9. The fourth-order valence-electron chi connectivity index (χ4n) is 3.06. The first kappa shape index (κ1) is 16.6. The number of hydrogen-bond acceptors (Lipinski definition) is 4. The monoisotopic (exact) mass is 330 g/mol. The highest BCUT2D eigenvalue weighted by Gasteiger charge is 2.28. The quantitative estimate of drug-likeness (QED) is 0.805. The van der Waals surface area contributed by atoms with Crippen molar-refractivity contribution in [2.24, 2.45) is 0 Å². The van der Waals surface area contributed by atoms with E-state index >= 15 is 0 Å². The summed E-state index contributed by atoms with van der Waals surface area (Å²) >= 11 is 0. The molecule has 1 N–H and O–H groups in total. The van der Waals surface area contributed by atoms with E-state index in [2.05, 4.69) is 5.32 Å². The SMILES string of the molecule is O=C(NCC[C@H]1CCCO1)c1ccc(CN2C(=O)CCC2=O)cc1. The number of ether oxygens (including phenoxy) is 1. The second kappa shape index (κ2) is 7.57. The van der Waals surface area contributed by atoms with E-state index in [9.17, 15) is 14.4 Å². The number of benzene rings is 1. The average molecular weight is 330 g/mol. The van der Waals surface area contributed by atoms with Gasteiger partial charge >= 0.3 is 0 Å². The summed E-state index contributed by atoms with van der Waals surface area (Å²) in [7, 11) is 0. The summed E-state index contributed by atoms with van der Waals surface area (Å²) in [6.07, 6.45) is 3.86. The van der Waals surface area contributed by atoms with Crippen molar-refractivity contribution in [3.05, 3.63) is 35.4 Å². The van der Waals surface area contributed by atoms with Gasteiger partial charge in [-0.2, -0.15) is 0 Å². The van der Waals surface area contributed by atoms with Crippen LogP contribution < -0.4 is 5.32 Å². The Balaban J connectivity index is 1.49. The molecule has 2 saturated heterocycles. The molecule has 1 aromatic rings. The summed E-state index contributed by atoms with van der Waals surface area (Å²) in [5, 5.41) is 2.89. The van der Waals surface area contributed by atoms with Crippen LogP contribution in [0.3, 0.4) is 0 Å². The fourth-order valence-corrected chi connectivity index (χ4v) is 3.06. The number of amides is 3. The molecule has 2 aliphatic rings. The van der Waals surface area contributed by atoms with E-state index in [0.717, 1.165) is 31.4 Å². The van der Waals surface area contributed by atoms with Crippen molar-refractivity contribution in [2.75, 3.05) is 13.2 Å². The largest absolute Gasteiger partial charge is 0.378 e. The Morgan fingerprint density at radius 3 is 2.50 bits per heavy atom. The van der Waals surface area contributed by atoms with Gasteiger partial charge in [-0.3, -0.25) is 19.3 Å². The van der Waals surface area contributed by atoms with Crippen LogP contribution in [0.5, 0.6) is 0 Å². The lowest BCUT2D eigenvalue weighted by Gasteiger charge is -2.14. The lowest BCUT2D eigenvalue weighted by atomic mass is 10.1. The molecule has 0 aliphatic carbocycles. The van der Waals surface area contributed by atoms with Crippen molar-refractivity contribution in [3.8, 4) is 0 Å². The van der Waals surface area contributed by atoms with Crippen LogP contribution in [0.1, 0.15) is 48.0 Å². The summed E-state index contributed by atoms with van der Waals surface area (Å²) in [4.78, 5) is 36.6. The van der Waals surface area contributed by atoms with E-state index in [-0.39, 0.29) is 30.4 Å². The van der Waals surface area contributed by atoms with Gasteiger partial charge in [-0.25, -0.2) is 0 Å². The third-order valence-corrected chi connectivity index (χ3v) is 4.49. The van der Waals surface area contributed by atoms with Crippen molar-refractivity contribution < 1.29 is 19.1 Å². The van der Waals surface area contributed by atoms with E-state index in [4.69, 9.17) is 4.74 Å². The highest BCUT2D eigenvalue weighted by atomic mass is 16.5. The van der Waals surface area contributed by atoms with Crippen LogP contribution in [-0.2, 0) is 20.9 Å². The second-order valence-corrected chi connectivity index (χ2v) is 6.25. The Labute approximate surface area is 141 Å². The highest BCUT2D eigenvalue weighted by Crippen LogP contribution is 2.17. The van der Waals surface area contributed by atoms with Gasteiger partial charge in [0.15, 0.2) is 0 Å². The third-order valence-electron chi connectivity index (χ3n) is 4.49. The molecule has 2 aliphatic heterocycles. The number of carbonyl (C=O) groups excluding carboxylic acids is 3. The van der Waals surface area contributed by atoms with Crippen LogP contribution >= 0.6 is 0 Å². The molecule has 128 valence electrons. The van der Waals surface area contributed by atoms with E-state index in [1.807, 2.05) is 0 Å². The minimum atomic E-state index is -0.129. The lowest BCUT2D eigenvalue weighted by molar-refractivity contribution is -0.139. The Kier molecular flexibility index (Phi) is 5.25. The highest BCUT2D eigenvalue weighted by molar-refractivity contribution is 6.01. The van der Waals surface area contributed by atoms with Gasteiger partial charge in [-0.05, 0) is 37.0 Å². The number of nitrogens with zero attached hydrogens (tertiary/aromatic N) is 1. The Bertz CT molecular complexity index is 604. The minimum absolute atomic E-state index is 0.118. The third kappa shape index (κ3) is 4.00. The van der Waals surface area contributed by atoms with E-state index in [1.54, 1.807) is 24.3 Å². The first-order valence-corrected chi connectivity index (χ1v) is 8.45. The maximum Gasteiger partial charge on any atom is 0.251 e. The van der Waals surface area contributed by atoms with Crippen LogP contribution in [0.15, 0.2) is 24.3 Å². The molecule has 3 amide bonds. The first-order valence-electron chi connectivity index (χ1n) is 8.45. The van der Waals surface area contributed by atoms with Crippen molar-refractivity contribution in [1.29, 1.82) is 0 Å². The molecule has 3 rings (SSSR count). The molecule has 0 spiro atoms. The van der Waals surface area contributed by atoms with Gasteiger partial charge in [0.1, 0.15) is 0 Å². The Morgan fingerprint density at radius 2 is 1.88 bits per heavy atom. The number of imide groups is 1. The average Bonchev–Trinajstić information content (AvgIpc) is 3.21. The van der Waals surface area contributed by atoms with Crippen LogP contribution in [0.25, 0.3) is 0 Å². The normalized spacial score (nSPS) is 20.7. The van der Waals surface area contributed by atoms with E-state index in [0.29, 0.717) is 24.9 Å². The molecule has 2 heterocycles. The van der Waals surface area contributed by atoms with Crippen molar-refractivity contribution in [1.82, 2.24) is 10.2 Å². The predicted octanol–water partition coefficient (Wildman–Crippen LogP) is 1.63. The van der Waals surface area contributed by atoms with Gasteiger partial charge in [0.05, 0.1) is 12.6 Å². The molecule has 0 unspecified atom stereocenters. The van der Waals surface area contributed by atoms with Crippen molar-refractivity contribution >= 4 is 17.7 Å². The summed E-state index contributed by atoms with van der Waals surface area (Å²) in [6.45, 7) is 1.70. The van der Waals surface area contributed by atoms with Gasteiger partial charge in [-0.15, -0.1) is 0 Å². The molecule has 2 fully saturated rings. The van der Waals surface area contributed by atoms with Crippen molar-refractivity contribution in [2.45, 2.75) is 44.8 Å². The minimum Gasteiger partial charge on any atom is -0.378 e. The van der Waals surface area contributed by atoms with Crippen LogP contribution in [0.4, 0.5) is 0 Å². The molecule has 0 radical (unpaired) electrons. The van der Waals surface area contributed by atoms with E-state index in [1.165, 1.54) is 4.90 Å². The predicted molar refractivity (Wildman–Crippen MR) is 87.2 cm³/mol. The summed E-state index contributed by atoms with van der Waals surface area (Å²) in [5.74, 6) is -0.375. The number of hydrogen-bond donors (Lipinski definition) is 1. The molecular formula is C18H22N2O4. The maximum atomic E-state index is 12.1. The van der Waals surface area contributed by atoms with Crippen LogP contribution in [-0.4, -0.2) is 41.9 Å². The van der Waals surface area contributed by atoms with Gasteiger partial charge in [0.2, 0.25) is 11.8 Å². The lowest BCUT2D eigenvalue weighted by Crippen LogP contribution is -2.28. The molecule has 0 aromatic heterocycles. The number of nitrogens with one attached hydrogen (secondary N) is 1. The van der Waals surface area contributed by atoms with Gasteiger partial charge in [0, 0.05) is 31.6 Å². The van der Waals surface area contributed by atoms with Gasteiger partial charge in [0.25, 0.3) is 5.91 Å². The zero-order valence-electron chi connectivity index (χ0n) is 13.6. The van der Waals surface area contributed by atoms with Crippen molar-refractivity contribution in [3.63, 3.8) is 0 Å². The zero-order valence-corrected chi connectivity index (χ0v) is 13.6. The molecule has 1 aromatic carbocycles. The fraction of sp³-hybridized carbons (Fsp3) is 0.500. The van der Waals surface area contributed by atoms with Gasteiger partial charge < -0.3 is 10.1 Å². The maximum absolute atomic E-state index is 12.1.